The van der Waals surface area contributed by atoms with Gasteiger partial charge in [-0.1, -0.05) is 33.8 Å². The molecule has 0 saturated carbocycles. The number of amides is 1. The predicted molar refractivity (Wildman–Crippen MR) is 67.4 cm³/mol. The van der Waals surface area contributed by atoms with Crippen LogP contribution < -0.4 is 5.32 Å². The monoisotopic (exact) mass is 241 g/mol. The quantitative estimate of drug-likeness (QED) is 0.727. The summed E-state index contributed by atoms with van der Waals surface area (Å²) < 4.78 is 0. The minimum absolute atomic E-state index is 0.0574. The van der Waals surface area contributed by atoms with E-state index < -0.39 is 5.97 Å². The molecule has 1 amide bonds. The molecule has 0 fully saturated rings. The number of allylic oxidation sites excluding steroid dienone is 1. The van der Waals surface area contributed by atoms with Crippen molar-refractivity contribution in [1.29, 1.82) is 0 Å². The normalized spacial score (nSPS) is 14.3. The summed E-state index contributed by atoms with van der Waals surface area (Å²) >= 11 is 0. The van der Waals surface area contributed by atoms with Gasteiger partial charge in [0.25, 0.3) is 0 Å². The van der Waals surface area contributed by atoms with Crippen molar-refractivity contribution in [2.45, 2.75) is 47.5 Å². The minimum atomic E-state index is -1.11. The molecule has 0 aromatic heterocycles. The fraction of sp³-hybridized carbons (Fsp3) is 0.692. The van der Waals surface area contributed by atoms with Crippen molar-refractivity contribution in [2.24, 2.45) is 11.3 Å². The predicted octanol–water partition coefficient (Wildman–Crippen LogP) is 2.55. The van der Waals surface area contributed by atoms with Crippen molar-refractivity contribution < 1.29 is 14.7 Å². The molecule has 0 heterocycles. The van der Waals surface area contributed by atoms with E-state index in [2.05, 4.69) is 26.1 Å². The SMILES string of the molecule is CC=C(NC(=O)CC(C)CC(C)(C)C)C(=O)O. The molecule has 0 bridgehead atoms. The first-order valence-corrected chi connectivity index (χ1v) is 5.85. The maximum atomic E-state index is 11.6. The Bertz CT molecular complexity index is 313. The molecule has 0 aliphatic heterocycles. The molecule has 0 aliphatic carbocycles. The second-order valence-corrected chi connectivity index (χ2v) is 5.63. The number of rotatable bonds is 5. The average molecular weight is 241 g/mol. The Labute approximate surface area is 103 Å². The van der Waals surface area contributed by atoms with Crippen LogP contribution in [0.4, 0.5) is 0 Å². The Kier molecular flexibility index (Phi) is 5.93. The summed E-state index contributed by atoms with van der Waals surface area (Å²) in [4.78, 5) is 22.3. The maximum Gasteiger partial charge on any atom is 0.352 e. The third-order valence-electron chi connectivity index (χ3n) is 2.29. The van der Waals surface area contributed by atoms with Crippen molar-refractivity contribution in [2.75, 3.05) is 0 Å². The summed E-state index contributed by atoms with van der Waals surface area (Å²) in [7, 11) is 0. The second kappa shape index (κ2) is 6.42. The van der Waals surface area contributed by atoms with E-state index in [4.69, 9.17) is 5.11 Å². The van der Waals surface area contributed by atoms with E-state index in [0.717, 1.165) is 6.42 Å². The van der Waals surface area contributed by atoms with Gasteiger partial charge in [-0.3, -0.25) is 4.79 Å². The first kappa shape index (κ1) is 15.7. The summed E-state index contributed by atoms with van der Waals surface area (Å²) in [6.07, 6.45) is 2.66. The smallest absolute Gasteiger partial charge is 0.352 e. The second-order valence-electron chi connectivity index (χ2n) is 5.63. The molecule has 0 aromatic carbocycles. The summed E-state index contributed by atoms with van der Waals surface area (Å²) in [5.41, 5.74) is 0.119. The average Bonchev–Trinajstić information content (AvgIpc) is 2.09. The van der Waals surface area contributed by atoms with Crippen LogP contribution in [0.2, 0.25) is 0 Å². The fourth-order valence-electron chi connectivity index (χ4n) is 1.88. The zero-order valence-electron chi connectivity index (χ0n) is 11.3. The molecular weight excluding hydrogens is 218 g/mol. The molecule has 2 N–H and O–H groups in total. The zero-order valence-corrected chi connectivity index (χ0v) is 11.3. The highest BCUT2D eigenvalue weighted by Crippen LogP contribution is 2.25. The van der Waals surface area contributed by atoms with Gasteiger partial charge in [0.15, 0.2) is 0 Å². The number of aliphatic carboxylic acids is 1. The van der Waals surface area contributed by atoms with Gasteiger partial charge in [0, 0.05) is 6.42 Å². The highest BCUT2D eigenvalue weighted by Gasteiger charge is 2.18. The summed E-state index contributed by atoms with van der Waals surface area (Å²) in [5, 5.41) is 11.2. The number of hydrogen-bond donors (Lipinski definition) is 2. The zero-order chi connectivity index (χ0) is 13.6. The van der Waals surface area contributed by atoms with Crippen LogP contribution in [-0.2, 0) is 9.59 Å². The van der Waals surface area contributed by atoms with Crippen LogP contribution in [-0.4, -0.2) is 17.0 Å². The van der Waals surface area contributed by atoms with Gasteiger partial charge >= 0.3 is 5.97 Å². The molecule has 4 heteroatoms. The molecule has 0 spiro atoms. The maximum absolute atomic E-state index is 11.6. The third-order valence-corrected chi connectivity index (χ3v) is 2.29. The van der Waals surface area contributed by atoms with Crippen molar-refractivity contribution in [3.8, 4) is 0 Å². The fourth-order valence-corrected chi connectivity index (χ4v) is 1.88. The lowest BCUT2D eigenvalue weighted by Gasteiger charge is -2.22. The third kappa shape index (κ3) is 7.55. The van der Waals surface area contributed by atoms with Crippen LogP contribution in [0.25, 0.3) is 0 Å². The van der Waals surface area contributed by atoms with Crippen LogP contribution in [0.3, 0.4) is 0 Å². The molecule has 0 saturated heterocycles. The van der Waals surface area contributed by atoms with Crippen LogP contribution in [0.15, 0.2) is 11.8 Å². The van der Waals surface area contributed by atoms with Crippen LogP contribution in [0.1, 0.15) is 47.5 Å². The number of nitrogens with one attached hydrogen (secondary N) is 1. The van der Waals surface area contributed by atoms with Gasteiger partial charge in [-0.25, -0.2) is 4.79 Å². The topological polar surface area (TPSA) is 66.4 Å². The van der Waals surface area contributed by atoms with Gasteiger partial charge < -0.3 is 10.4 Å². The summed E-state index contributed by atoms with van der Waals surface area (Å²) in [6.45, 7) is 9.95. The molecular formula is C13H23NO3. The van der Waals surface area contributed by atoms with Gasteiger partial charge in [0.2, 0.25) is 5.91 Å². The lowest BCUT2D eigenvalue weighted by molar-refractivity contribution is -0.134. The first-order chi connectivity index (χ1) is 7.65. The van der Waals surface area contributed by atoms with Crippen molar-refractivity contribution in [3.05, 3.63) is 11.8 Å². The van der Waals surface area contributed by atoms with Crippen LogP contribution >= 0.6 is 0 Å². The van der Waals surface area contributed by atoms with E-state index in [9.17, 15) is 9.59 Å². The highest BCUT2D eigenvalue weighted by molar-refractivity contribution is 5.92. The largest absolute Gasteiger partial charge is 0.477 e. The number of carbonyl (C=O) groups is 2. The van der Waals surface area contributed by atoms with Crippen LogP contribution in [0, 0.1) is 11.3 Å². The number of carboxylic acids is 1. The molecule has 0 aliphatic rings. The lowest BCUT2D eigenvalue weighted by atomic mass is 9.84. The van der Waals surface area contributed by atoms with Gasteiger partial charge in [0.1, 0.15) is 5.70 Å². The Morgan fingerprint density at radius 2 is 1.88 bits per heavy atom. The van der Waals surface area contributed by atoms with E-state index in [1.807, 2.05) is 6.92 Å². The molecule has 17 heavy (non-hydrogen) atoms. The van der Waals surface area contributed by atoms with E-state index in [-0.39, 0.29) is 22.9 Å². The van der Waals surface area contributed by atoms with Gasteiger partial charge in [0.05, 0.1) is 0 Å². The lowest BCUT2D eigenvalue weighted by Crippen LogP contribution is -2.29. The number of carbonyl (C=O) groups excluding carboxylic acids is 1. The molecule has 0 radical (unpaired) electrons. The Balaban J connectivity index is 4.23. The summed E-state index contributed by atoms with van der Waals surface area (Å²) in [6, 6.07) is 0. The molecule has 0 aromatic rings. The van der Waals surface area contributed by atoms with E-state index >= 15 is 0 Å². The van der Waals surface area contributed by atoms with E-state index in [0.29, 0.717) is 6.42 Å². The van der Waals surface area contributed by atoms with E-state index in [1.54, 1.807) is 6.92 Å². The Hall–Kier alpha value is -1.32. The van der Waals surface area contributed by atoms with Gasteiger partial charge in [-0.2, -0.15) is 0 Å². The Morgan fingerprint density at radius 1 is 1.35 bits per heavy atom. The number of hydrogen-bond acceptors (Lipinski definition) is 2. The molecule has 1 unspecified atom stereocenters. The highest BCUT2D eigenvalue weighted by atomic mass is 16.4. The molecule has 1 atom stereocenters. The molecule has 4 nitrogen and oxygen atoms in total. The van der Waals surface area contributed by atoms with Crippen molar-refractivity contribution in [1.82, 2.24) is 5.32 Å². The molecule has 0 rings (SSSR count). The summed E-state index contributed by atoms with van der Waals surface area (Å²) in [5.74, 6) is -1.11. The van der Waals surface area contributed by atoms with Gasteiger partial charge in [-0.15, -0.1) is 0 Å². The molecule has 98 valence electrons. The van der Waals surface area contributed by atoms with Crippen LogP contribution in [0.5, 0.6) is 0 Å². The number of carboxylic acid groups (broad SMARTS) is 1. The minimum Gasteiger partial charge on any atom is -0.477 e. The van der Waals surface area contributed by atoms with Crippen molar-refractivity contribution in [3.63, 3.8) is 0 Å². The van der Waals surface area contributed by atoms with Crippen molar-refractivity contribution >= 4 is 11.9 Å². The van der Waals surface area contributed by atoms with E-state index in [1.165, 1.54) is 6.08 Å². The standard InChI is InChI=1S/C13H23NO3/c1-6-10(12(16)17)14-11(15)7-9(2)8-13(3,4)5/h6,9H,7-8H2,1-5H3,(H,14,15)(H,16,17). The van der Waals surface area contributed by atoms with Gasteiger partial charge in [-0.05, 0) is 24.7 Å². The Morgan fingerprint density at radius 3 is 2.24 bits per heavy atom. The first-order valence-electron chi connectivity index (χ1n) is 5.85.